The lowest BCUT2D eigenvalue weighted by atomic mass is 10.9. The van der Waals surface area contributed by atoms with Crippen LogP contribution in [0.15, 0.2) is 5.16 Å². The van der Waals surface area contributed by atoms with Crippen molar-refractivity contribution in [3.63, 3.8) is 0 Å². The van der Waals surface area contributed by atoms with Gasteiger partial charge in [-0.15, -0.1) is 0 Å². The molecule has 0 bridgehead atoms. The van der Waals surface area contributed by atoms with Crippen molar-refractivity contribution in [1.82, 2.24) is 20.4 Å². The molecular weight excluding hydrogens is 236 g/mol. The maximum absolute atomic E-state index is 8.41. The fourth-order valence-corrected chi connectivity index (χ4v) is 1.04. The summed E-state index contributed by atoms with van der Waals surface area (Å²) in [6, 6.07) is 0. The van der Waals surface area contributed by atoms with Crippen molar-refractivity contribution in [1.29, 1.82) is 5.26 Å². The van der Waals surface area contributed by atoms with Gasteiger partial charge in [-0.05, 0) is 12.2 Å². The number of thiocarbonyl (C=S) groups is 1. The first-order chi connectivity index (χ1) is 7.11. The van der Waals surface area contributed by atoms with E-state index in [1.807, 2.05) is 5.40 Å². The molecule has 10 heteroatoms. The van der Waals surface area contributed by atoms with E-state index in [4.69, 9.17) is 16.7 Å². The molecule has 8 nitrogen and oxygen atoms in total. The number of hydrogen-bond acceptors (Lipinski definition) is 8. The van der Waals surface area contributed by atoms with Crippen LogP contribution in [0, 0.1) is 10.7 Å². The summed E-state index contributed by atoms with van der Waals surface area (Å²) in [5.41, 5.74) is 15.5. The molecule has 0 atom stereocenters. The van der Waals surface area contributed by atoms with Crippen LogP contribution in [0.2, 0.25) is 0 Å². The number of nitrogens with one attached hydrogen (secondary N) is 2. The number of rotatable bonds is 3. The average Bonchev–Trinajstić information content (AvgIpc) is 2.14. The second-order valence-electron chi connectivity index (χ2n) is 2.11. The van der Waals surface area contributed by atoms with Crippen molar-refractivity contribution in [3.05, 3.63) is 0 Å². The lowest BCUT2D eigenvalue weighted by Gasteiger charge is -2.06. The van der Waals surface area contributed by atoms with Gasteiger partial charge in [-0.2, -0.15) is 20.2 Å². The zero-order valence-electron chi connectivity index (χ0n) is 7.26. The van der Waals surface area contributed by atoms with Gasteiger partial charge in [-0.3, -0.25) is 10.9 Å². The van der Waals surface area contributed by atoms with Gasteiger partial charge in [0.05, 0.1) is 0 Å². The minimum absolute atomic E-state index is 0.00464. The van der Waals surface area contributed by atoms with Crippen LogP contribution in [0.3, 0.4) is 0 Å². The molecule has 6 N–H and O–H groups in total. The molecule has 0 aliphatic rings. The third-order valence-corrected chi connectivity index (χ3v) is 1.63. The zero-order valence-corrected chi connectivity index (χ0v) is 8.89. The van der Waals surface area contributed by atoms with Crippen molar-refractivity contribution in [2.24, 2.45) is 5.73 Å². The number of nitriles is 1. The summed E-state index contributed by atoms with van der Waals surface area (Å²) in [7, 11) is 0. The van der Waals surface area contributed by atoms with Gasteiger partial charge in [-0.1, -0.05) is 0 Å². The van der Waals surface area contributed by atoms with Gasteiger partial charge in [-0.25, -0.2) is 0 Å². The predicted molar refractivity (Wildman–Crippen MR) is 59.3 cm³/mol. The van der Waals surface area contributed by atoms with Crippen molar-refractivity contribution in [3.8, 4) is 5.40 Å². The van der Waals surface area contributed by atoms with E-state index in [9.17, 15) is 0 Å². The first-order valence-electron chi connectivity index (χ1n) is 3.50. The lowest BCUT2D eigenvalue weighted by Crippen LogP contribution is -2.34. The Morgan fingerprint density at radius 3 is 2.80 bits per heavy atom. The highest BCUT2D eigenvalue weighted by molar-refractivity contribution is 8.03. The monoisotopic (exact) mass is 242 g/mol. The number of nitrogen functional groups attached to an aromatic ring is 1. The summed E-state index contributed by atoms with van der Waals surface area (Å²) in [6.45, 7) is 0. The van der Waals surface area contributed by atoms with E-state index in [1.165, 1.54) is 0 Å². The van der Waals surface area contributed by atoms with E-state index in [0.29, 0.717) is 0 Å². The summed E-state index contributed by atoms with van der Waals surface area (Å²) in [4.78, 5) is 11.3. The number of thioether (sulfide) groups is 1. The molecule has 0 aromatic carbocycles. The molecule has 0 aliphatic heterocycles. The van der Waals surface area contributed by atoms with Crippen LogP contribution >= 0.6 is 24.0 Å². The van der Waals surface area contributed by atoms with E-state index >= 15 is 0 Å². The predicted octanol–water partition coefficient (Wildman–Crippen LogP) is -0.813. The molecule has 1 rings (SSSR count). The van der Waals surface area contributed by atoms with E-state index < -0.39 is 0 Å². The molecule has 0 amide bonds. The van der Waals surface area contributed by atoms with Crippen molar-refractivity contribution in [2.45, 2.75) is 5.16 Å². The third kappa shape index (κ3) is 3.79. The fraction of sp³-hybridized carbons (Fsp3) is 0. The molecule has 0 aliphatic carbocycles. The van der Waals surface area contributed by atoms with Gasteiger partial charge in [0.1, 0.15) is 5.40 Å². The van der Waals surface area contributed by atoms with Gasteiger partial charge in [0.15, 0.2) is 5.11 Å². The Bertz CT molecular complexity index is 412. The Hall–Kier alpha value is -1.86. The van der Waals surface area contributed by atoms with Crippen molar-refractivity contribution < 1.29 is 0 Å². The number of hydrogen-bond donors (Lipinski definition) is 4. The third-order valence-electron chi connectivity index (χ3n) is 1.07. The normalized spacial score (nSPS) is 9.00. The number of aromatic nitrogens is 3. The number of nitrogens with zero attached hydrogens (tertiary/aromatic N) is 4. The summed E-state index contributed by atoms with van der Waals surface area (Å²) in [5, 5.41) is 10.5. The summed E-state index contributed by atoms with van der Waals surface area (Å²) in [5.74, 6) is 0.128. The van der Waals surface area contributed by atoms with Gasteiger partial charge < -0.3 is 11.5 Å². The number of hydrazine groups is 1. The standard InChI is InChI=1S/C5H6N8S2/c6-1-15-5-10-2(7)9-4(11-5)13-12-3(8)14/h(H3,8,12,14)(H3,7,9,10,11,13). The molecule has 0 saturated heterocycles. The molecule has 15 heavy (non-hydrogen) atoms. The van der Waals surface area contributed by atoms with Crippen LogP contribution in [0.25, 0.3) is 0 Å². The first kappa shape index (κ1) is 11.2. The summed E-state index contributed by atoms with van der Waals surface area (Å²) < 4.78 is 0. The quantitative estimate of drug-likeness (QED) is 0.230. The van der Waals surface area contributed by atoms with E-state index in [0.717, 1.165) is 11.8 Å². The second-order valence-corrected chi connectivity index (χ2v) is 3.30. The Kier molecular flexibility index (Phi) is 3.83. The molecule has 0 spiro atoms. The highest BCUT2D eigenvalue weighted by Crippen LogP contribution is 2.12. The second kappa shape index (κ2) is 5.13. The highest BCUT2D eigenvalue weighted by Gasteiger charge is 2.04. The smallest absolute Gasteiger partial charge is 0.247 e. The van der Waals surface area contributed by atoms with Crippen molar-refractivity contribution in [2.75, 3.05) is 11.2 Å². The maximum Gasteiger partial charge on any atom is 0.247 e. The molecule has 1 heterocycles. The largest absolute Gasteiger partial charge is 0.375 e. The Morgan fingerprint density at radius 2 is 2.20 bits per heavy atom. The van der Waals surface area contributed by atoms with Gasteiger partial charge in [0.25, 0.3) is 0 Å². The Balaban J connectivity index is 2.80. The molecule has 0 saturated carbocycles. The zero-order chi connectivity index (χ0) is 11.3. The fourth-order valence-electron chi connectivity index (χ4n) is 0.632. The Labute approximate surface area is 94.4 Å². The van der Waals surface area contributed by atoms with Crippen LogP contribution in [0.5, 0.6) is 0 Å². The van der Waals surface area contributed by atoms with Crippen LogP contribution in [0.1, 0.15) is 0 Å². The lowest BCUT2D eigenvalue weighted by molar-refractivity contribution is 0.900. The Morgan fingerprint density at radius 1 is 1.47 bits per heavy atom. The average molecular weight is 242 g/mol. The van der Waals surface area contributed by atoms with Crippen LogP contribution in [-0.4, -0.2) is 20.1 Å². The molecule has 78 valence electrons. The molecule has 0 radical (unpaired) electrons. The van der Waals surface area contributed by atoms with Crippen LogP contribution in [-0.2, 0) is 0 Å². The molecule has 1 aromatic heterocycles. The molecule has 0 unspecified atom stereocenters. The minimum atomic E-state index is -0.00464. The number of thiocyanates is 1. The van der Waals surface area contributed by atoms with Gasteiger partial charge in [0, 0.05) is 11.8 Å². The molecule has 1 aromatic rings. The van der Waals surface area contributed by atoms with Gasteiger partial charge in [0.2, 0.25) is 17.1 Å². The van der Waals surface area contributed by atoms with Crippen LogP contribution < -0.4 is 22.3 Å². The molecule has 0 fully saturated rings. The maximum atomic E-state index is 8.41. The highest BCUT2D eigenvalue weighted by atomic mass is 32.2. The van der Waals surface area contributed by atoms with Crippen molar-refractivity contribution >= 4 is 41.0 Å². The minimum Gasteiger partial charge on any atom is -0.375 e. The number of nitrogens with two attached hydrogens (primary N) is 2. The summed E-state index contributed by atoms with van der Waals surface area (Å²) in [6.07, 6.45) is 0. The van der Waals surface area contributed by atoms with Gasteiger partial charge >= 0.3 is 0 Å². The van der Waals surface area contributed by atoms with Crippen LogP contribution in [0.4, 0.5) is 11.9 Å². The van der Waals surface area contributed by atoms with E-state index in [1.54, 1.807) is 0 Å². The van der Waals surface area contributed by atoms with E-state index in [2.05, 4.69) is 38.0 Å². The summed E-state index contributed by atoms with van der Waals surface area (Å²) >= 11 is 5.33. The van der Waals surface area contributed by atoms with E-state index in [-0.39, 0.29) is 22.2 Å². The first-order valence-corrected chi connectivity index (χ1v) is 4.73. The molecular formula is C5H6N8S2. The number of anilines is 2. The SMILES string of the molecule is N#CSc1nc(N)nc(NNC(N)=S)n1. The topological polar surface area (TPSA) is 139 Å².